The van der Waals surface area contributed by atoms with Crippen LogP contribution in [0.2, 0.25) is 5.02 Å². The number of carbonyl (C=O) groups is 1. The highest BCUT2D eigenvalue weighted by molar-refractivity contribution is 6.31. The van der Waals surface area contributed by atoms with Gasteiger partial charge in [-0.2, -0.15) is 0 Å². The van der Waals surface area contributed by atoms with Crippen LogP contribution in [0.25, 0.3) is 5.69 Å². The van der Waals surface area contributed by atoms with E-state index in [1.54, 1.807) is 17.6 Å². The van der Waals surface area contributed by atoms with Gasteiger partial charge in [0.15, 0.2) is 5.69 Å². The number of aryl methyl sites for hydroxylation is 2. The fourth-order valence-electron chi connectivity index (χ4n) is 1.57. The largest absolute Gasteiger partial charge is 0.476 e. The van der Waals surface area contributed by atoms with Gasteiger partial charge in [0, 0.05) is 16.9 Å². The molecule has 0 bridgehead atoms. The molecule has 2 rings (SSSR count). The zero-order chi connectivity index (χ0) is 12.6. The van der Waals surface area contributed by atoms with Gasteiger partial charge in [0.2, 0.25) is 0 Å². The number of benzene rings is 1. The van der Waals surface area contributed by atoms with Gasteiger partial charge in [0.05, 0.1) is 0 Å². The van der Waals surface area contributed by atoms with Crippen molar-refractivity contribution in [1.29, 1.82) is 0 Å². The minimum absolute atomic E-state index is 0.0270. The molecule has 0 spiro atoms. The molecule has 0 unspecified atom stereocenters. The van der Waals surface area contributed by atoms with Gasteiger partial charge in [-0.3, -0.25) is 0 Å². The fourth-order valence-corrected chi connectivity index (χ4v) is 1.74. The molecule has 0 radical (unpaired) electrons. The van der Waals surface area contributed by atoms with Crippen LogP contribution in [0.15, 0.2) is 24.4 Å². The Bertz CT molecular complexity index is 590. The number of carboxylic acids is 1. The van der Waals surface area contributed by atoms with Crippen molar-refractivity contribution in [3.8, 4) is 5.69 Å². The van der Waals surface area contributed by atoms with Crippen molar-refractivity contribution in [1.82, 2.24) is 9.55 Å². The van der Waals surface area contributed by atoms with Crippen molar-refractivity contribution in [2.45, 2.75) is 13.8 Å². The van der Waals surface area contributed by atoms with E-state index in [0.29, 0.717) is 10.8 Å². The topological polar surface area (TPSA) is 55.1 Å². The van der Waals surface area contributed by atoms with Crippen LogP contribution in [0.4, 0.5) is 0 Å². The molecular weight excluding hydrogens is 240 g/mol. The number of hydrogen-bond acceptors (Lipinski definition) is 2. The lowest BCUT2D eigenvalue weighted by Gasteiger charge is -2.06. The molecule has 17 heavy (non-hydrogen) atoms. The first kappa shape index (κ1) is 11.7. The van der Waals surface area contributed by atoms with Gasteiger partial charge in [-0.15, -0.1) is 0 Å². The standard InChI is InChI=1S/C12H11ClN2O2/c1-7-3-4-9(5-10(7)13)15-6-11(12(16)17)14-8(15)2/h3-6H,1-2H3,(H,16,17). The third-order valence-electron chi connectivity index (χ3n) is 2.53. The van der Waals surface area contributed by atoms with Crippen LogP contribution >= 0.6 is 11.6 Å². The number of rotatable bonds is 2. The maximum atomic E-state index is 10.8. The van der Waals surface area contributed by atoms with Crippen LogP contribution in [0.5, 0.6) is 0 Å². The number of carboxylic acid groups (broad SMARTS) is 1. The predicted molar refractivity (Wildman–Crippen MR) is 65.0 cm³/mol. The summed E-state index contributed by atoms with van der Waals surface area (Å²) in [6.45, 7) is 3.66. The van der Waals surface area contributed by atoms with Crippen molar-refractivity contribution in [3.05, 3.63) is 46.5 Å². The van der Waals surface area contributed by atoms with E-state index >= 15 is 0 Å². The Hall–Kier alpha value is -1.81. The summed E-state index contributed by atoms with van der Waals surface area (Å²) in [6, 6.07) is 5.55. The average Bonchev–Trinajstić information content (AvgIpc) is 2.65. The van der Waals surface area contributed by atoms with E-state index in [2.05, 4.69) is 4.98 Å². The van der Waals surface area contributed by atoms with Gasteiger partial charge in [0.25, 0.3) is 0 Å². The van der Waals surface area contributed by atoms with Crippen LogP contribution in [0.1, 0.15) is 21.9 Å². The highest BCUT2D eigenvalue weighted by Gasteiger charge is 2.11. The minimum atomic E-state index is -1.04. The number of imidazole rings is 1. The van der Waals surface area contributed by atoms with E-state index < -0.39 is 5.97 Å². The molecule has 4 nitrogen and oxygen atoms in total. The van der Waals surface area contributed by atoms with Gasteiger partial charge in [-0.25, -0.2) is 9.78 Å². The molecule has 0 saturated carbocycles. The summed E-state index contributed by atoms with van der Waals surface area (Å²) < 4.78 is 1.70. The maximum absolute atomic E-state index is 10.8. The number of aromatic nitrogens is 2. The second kappa shape index (κ2) is 4.22. The summed E-state index contributed by atoms with van der Waals surface area (Å²) in [5.41, 5.74) is 1.81. The molecule has 0 amide bonds. The molecule has 1 aromatic heterocycles. The molecule has 1 heterocycles. The first-order chi connectivity index (χ1) is 7.99. The lowest BCUT2D eigenvalue weighted by atomic mass is 10.2. The minimum Gasteiger partial charge on any atom is -0.476 e. The summed E-state index contributed by atoms with van der Waals surface area (Å²) in [5.74, 6) is -0.424. The molecule has 0 saturated heterocycles. The Labute approximate surface area is 103 Å². The third-order valence-corrected chi connectivity index (χ3v) is 2.94. The Kier molecular flexibility index (Phi) is 2.90. The Morgan fingerprint density at radius 3 is 2.65 bits per heavy atom. The first-order valence-corrected chi connectivity index (χ1v) is 5.42. The molecule has 0 aliphatic heterocycles. The number of aromatic carboxylic acids is 1. The lowest BCUT2D eigenvalue weighted by molar-refractivity contribution is 0.0691. The van der Waals surface area contributed by atoms with E-state index in [4.69, 9.17) is 16.7 Å². The van der Waals surface area contributed by atoms with E-state index in [0.717, 1.165) is 11.3 Å². The second-order valence-corrected chi connectivity index (χ2v) is 4.19. The Balaban J connectivity index is 2.52. The van der Waals surface area contributed by atoms with Crippen LogP contribution in [0.3, 0.4) is 0 Å². The van der Waals surface area contributed by atoms with E-state index in [1.807, 2.05) is 19.1 Å². The molecule has 1 aromatic carbocycles. The summed E-state index contributed by atoms with van der Waals surface area (Å²) in [7, 11) is 0. The second-order valence-electron chi connectivity index (χ2n) is 3.78. The van der Waals surface area contributed by atoms with Crippen LogP contribution in [-0.4, -0.2) is 20.6 Å². The molecule has 0 fully saturated rings. The van der Waals surface area contributed by atoms with Crippen molar-refractivity contribution in [2.24, 2.45) is 0 Å². The van der Waals surface area contributed by atoms with Crippen molar-refractivity contribution in [2.75, 3.05) is 0 Å². The fraction of sp³-hybridized carbons (Fsp3) is 0.167. The molecule has 1 N–H and O–H groups in total. The molecular formula is C12H11ClN2O2. The van der Waals surface area contributed by atoms with E-state index in [-0.39, 0.29) is 5.69 Å². The summed E-state index contributed by atoms with van der Waals surface area (Å²) in [5, 5.41) is 9.51. The Morgan fingerprint density at radius 2 is 2.12 bits per heavy atom. The van der Waals surface area contributed by atoms with Crippen molar-refractivity contribution in [3.63, 3.8) is 0 Å². The van der Waals surface area contributed by atoms with Gasteiger partial charge in [-0.1, -0.05) is 17.7 Å². The number of halogens is 1. The average molecular weight is 251 g/mol. The van der Waals surface area contributed by atoms with Gasteiger partial charge < -0.3 is 9.67 Å². The summed E-state index contributed by atoms with van der Waals surface area (Å²) >= 11 is 6.04. The smallest absolute Gasteiger partial charge is 0.356 e. The monoisotopic (exact) mass is 250 g/mol. The molecule has 0 aliphatic rings. The molecule has 5 heteroatoms. The lowest BCUT2D eigenvalue weighted by Crippen LogP contribution is -1.96. The molecule has 88 valence electrons. The molecule has 0 atom stereocenters. The van der Waals surface area contributed by atoms with Gasteiger partial charge >= 0.3 is 5.97 Å². The summed E-state index contributed by atoms with van der Waals surface area (Å²) in [4.78, 5) is 14.8. The third kappa shape index (κ3) is 2.17. The summed E-state index contributed by atoms with van der Waals surface area (Å²) in [6.07, 6.45) is 1.48. The van der Waals surface area contributed by atoms with E-state index in [9.17, 15) is 4.79 Å². The normalized spacial score (nSPS) is 10.5. The van der Waals surface area contributed by atoms with Crippen LogP contribution in [-0.2, 0) is 0 Å². The Morgan fingerprint density at radius 1 is 1.41 bits per heavy atom. The zero-order valence-electron chi connectivity index (χ0n) is 9.44. The van der Waals surface area contributed by atoms with Crippen LogP contribution in [0, 0.1) is 13.8 Å². The van der Waals surface area contributed by atoms with Crippen LogP contribution < -0.4 is 0 Å². The highest BCUT2D eigenvalue weighted by Crippen LogP contribution is 2.20. The highest BCUT2D eigenvalue weighted by atomic mass is 35.5. The predicted octanol–water partition coefficient (Wildman–Crippen LogP) is 2.84. The SMILES string of the molecule is Cc1ccc(-n2cc(C(=O)O)nc2C)cc1Cl. The zero-order valence-corrected chi connectivity index (χ0v) is 10.2. The van der Waals surface area contributed by atoms with Gasteiger partial charge in [0.1, 0.15) is 5.82 Å². The van der Waals surface area contributed by atoms with Crippen molar-refractivity contribution < 1.29 is 9.90 Å². The first-order valence-electron chi connectivity index (χ1n) is 5.05. The maximum Gasteiger partial charge on any atom is 0.356 e. The van der Waals surface area contributed by atoms with Crippen molar-refractivity contribution >= 4 is 17.6 Å². The van der Waals surface area contributed by atoms with Gasteiger partial charge in [-0.05, 0) is 31.5 Å². The number of nitrogens with zero attached hydrogens (tertiary/aromatic N) is 2. The molecule has 2 aromatic rings. The number of hydrogen-bond donors (Lipinski definition) is 1. The quantitative estimate of drug-likeness (QED) is 0.892. The van der Waals surface area contributed by atoms with E-state index in [1.165, 1.54) is 6.20 Å². The molecule has 0 aliphatic carbocycles.